The molecule has 24 heavy (non-hydrogen) atoms. The highest BCUT2D eigenvalue weighted by Gasteiger charge is 2.16. The van der Waals surface area contributed by atoms with E-state index >= 15 is 0 Å². The minimum absolute atomic E-state index is 0.853. The predicted molar refractivity (Wildman–Crippen MR) is 104 cm³/mol. The maximum Gasteiger partial charge on any atom is 0.0542 e. The van der Waals surface area contributed by atoms with E-state index in [9.17, 15) is 0 Å². The van der Waals surface area contributed by atoms with Crippen molar-refractivity contribution in [3.05, 3.63) is 64.7 Å². The second-order valence-corrected chi connectivity index (χ2v) is 7.13. The molecule has 0 aliphatic carbocycles. The van der Waals surface area contributed by atoms with Crippen molar-refractivity contribution in [1.29, 1.82) is 0 Å². The van der Waals surface area contributed by atoms with Crippen LogP contribution in [0.15, 0.2) is 58.5 Å². The lowest BCUT2D eigenvalue weighted by molar-refractivity contribution is 0.131. The van der Waals surface area contributed by atoms with Gasteiger partial charge in [0.2, 0.25) is 0 Å². The zero-order valence-corrected chi connectivity index (χ0v) is 15.4. The number of rotatable bonds is 5. The summed E-state index contributed by atoms with van der Waals surface area (Å²) in [6.07, 6.45) is 4.04. The molecule has 1 saturated heterocycles. The summed E-state index contributed by atoms with van der Waals surface area (Å²) < 4.78 is 0. The number of hydrogen-bond acceptors (Lipinski definition) is 4. The predicted octanol–water partition coefficient (Wildman–Crippen LogP) is 4.21. The van der Waals surface area contributed by atoms with Crippen LogP contribution in [0.1, 0.15) is 11.1 Å². The Morgan fingerprint density at radius 1 is 1.04 bits per heavy atom. The van der Waals surface area contributed by atoms with Crippen LogP contribution in [0.3, 0.4) is 0 Å². The minimum Gasteiger partial charge on any atom is -0.295 e. The fraction of sp³-hybridized carbons (Fsp3) is 0.316. The summed E-state index contributed by atoms with van der Waals surface area (Å²) >= 11 is 8.00. The molecular formula is C19H22ClN3S. The SMILES string of the molecule is CSc1ccc(/C=N\N2CCN(Cc3ccccc3Cl)CC2)cc1. The van der Waals surface area contributed by atoms with Crippen LogP contribution in [-0.2, 0) is 6.54 Å². The average Bonchev–Trinajstić information content (AvgIpc) is 2.63. The lowest BCUT2D eigenvalue weighted by Gasteiger charge is -2.33. The molecule has 3 rings (SSSR count). The summed E-state index contributed by atoms with van der Waals surface area (Å²) in [7, 11) is 0. The van der Waals surface area contributed by atoms with Crippen molar-refractivity contribution in [1.82, 2.24) is 9.91 Å². The van der Waals surface area contributed by atoms with Crippen LogP contribution in [0, 0.1) is 0 Å². The Labute approximate surface area is 153 Å². The largest absolute Gasteiger partial charge is 0.295 e. The van der Waals surface area contributed by atoms with Crippen LogP contribution < -0.4 is 0 Å². The van der Waals surface area contributed by atoms with E-state index in [1.807, 2.05) is 24.4 Å². The Morgan fingerprint density at radius 3 is 2.42 bits per heavy atom. The number of thioether (sulfide) groups is 1. The van der Waals surface area contributed by atoms with Gasteiger partial charge < -0.3 is 0 Å². The molecule has 0 bridgehead atoms. The van der Waals surface area contributed by atoms with Crippen LogP contribution in [0.4, 0.5) is 0 Å². The van der Waals surface area contributed by atoms with Gasteiger partial charge in [-0.3, -0.25) is 9.91 Å². The molecule has 126 valence electrons. The van der Waals surface area contributed by atoms with Gasteiger partial charge >= 0.3 is 0 Å². The Kier molecular flexibility index (Phi) is 6.18. The molecule has 0 atom stereocenters. The Morgan fingerprint density at radius 2 is 1.75 bits per heavy atom. The molecule has 0 aromatic heterocycles. The van der Waals surface area contributed by atoms with Crippen molar-refractivity contribution in [2.45, 2.75) is 11.4 Å². The number of piperazine rings is 1. The third-order valence-electron chi connectivity index (χ3n) is 4.19. The molecule has 1 heterocycles. The Balaban J connectivity index is 1.49. The molecule has 2 aromatic rings. The van der Waals surface area contributed by atoms with Crippen molar-refractivity contribution in [2.24, 2.45) is 5.10 Å². The summed E-state index contributed by atoms with van der Waals surface area (Å²) in [5, 5.41) is 7.61. The monoisotopic (exact) mass is 359 g/mol. The summed E-state index contributed by atoms with van der Waals surface area (Å²) in [6, 6.07) is 16.6. The molecule has 0 amide bonds. The first-order valence-corrected chi connectivity index (χ1v) is 9.73. The van der Waals surface area contributed by atoms with Gasteiger partial charge in [0.1, 0.15) is 0 Å². The zero-order valence-electron chi connectivity index (χ0n) is 13.9. The minimum atomic E-state index is 0.853. The maximum atomic E-state index is 6.25. The van der Waals surface area contributed by atoms with Gasteiger partial charge in [-0.15, -0.1) is 11.8 Å². The molecule has 0 N–H and O–H groups in total. The van der Waals surface area contributed by atoms with Gasteiger partial charge in [-0.1, -0.05) is 41.9 Å². The van der Waals surface area contributed by atoms with Crippen LogP contribution in [0.25, 0.3) is 0 Å². The summed E-state index contributed by atoms with van der Waals surface area (Å²) in [5.74, 6) is 0. The van der Waals surface area contributed by atoms with E-state index in [0.717, 1.165) is 43.3 Å². The molecule has 0 spiro atoms. The summed E-state index contributed by atoms with van der Waals surface area (Å²) in [4.78, 5) is 3.71. The van der Waals surface area contributed by atoms with Crippen LogP contribution >= 0.6 is 23.4 Å². The maximum absolute atomic E-state index is 6.25. The Hall–Kier alpha value is -1.49. The first-order valence-electron chi connectivity index (χ1n) is 8.13. The number of nitrogens with zero attached hydrogens (tertiary/aromatic N) is 3. The van der Waals surface area contributed by atoms with Gasteiger partial charge in [-0.2, -0.15) is 5.10 Å². The second-order valence-electron chi connectivity index (χ2n) is 5.84. The summed E-state index contributed by atoms with van der Waals surface area (Å²) in [6.45, 7) is 4.82. The highest BCUT2D eigenvalue weighted by Crippen LogP contribution is 2.18. The van der Waals surface area contributed by atoms with Gasteiger partial charge in [-0.25, -0.2) is 0 Å². The van der Waals surface area contributed by atoms with Crippen molar-refractivity contribution in [3.8, 4) is 0 Å². The molecule has 0 saturated carbocycles. The van der Waals surface area contributed by atoms with E-state index in [4.69, 9.17) is 11.6 Å². The summed E-state index contributed by atoms with van der Waals surface area (Å²) in [5.41, 5.74) is 2.34. The lowest BCUT2D eigenvalue weighted by atomic mass is 10.2. The van der Waals surface area contributed by atoms with E-state index in [2.05, 4.69) is 51.6 Å². The van der Waals surface area contributed by atoms with E-state index in [0.29, 0.717) is 0 Å². The average molecular weight is 360 g/mol. The number of hydrazone groups is 1. The van der Waals surface area contributed by atoms with E-state index < -0.39 is 0 Å². The smallest absolute Gasteiger partial charge is 0.0542 e. The first-order chi connectivity index (χ1) is 11.7. The third-order valence-corrected chi connectivity index (χ3v) is 5.30. The number of benzene rings is 2. The highest BCUT2D eigenvalue weighted by molar-refractivity contribution is 7.98. The normalized spacial score (nSPS) is 16.0. The van der Waals surface area contributed by atoms with Gasteiger partial charge in [0.25, 0.3) is 0 Å². The van der Waals surface area contributed by atoms with E-state index in [1.165, 1.54) is 10.5 Å². The van der Waals surface area contributed by atoms with Crippen molar-refractivity contribution >= 4 is 29.6 Å². The van der Waals surface area contributed by atoms with Crippen LogP contribution in [0.5, 0.6) is 0 Å². The topological polar surface area (TPSA) is 18.8 Å². The van der Waals surface area contributed by atoms with Crippen LogP contribution in [-0.4, -0.2) is 48.6 Å². The van der Waals surface area contributed by atoms with Crippen molar-refractivity contribution < 1.29 is 0 Å². The first kappa shape index (κ1) is 17.3. The molecule has 1 fully saturated rings. The molecule has 5 heteroatoms. The lowest BCUT2D eigenvalue weighted by Crippen LogP contribution is -2.43. The zero-order chi connectivity index (χ0) is 16.8. The second kappa shape index (κ2) is 8.56. The quantitative estimate of drug-likeness (QED) is 0.588. The molecule has 2 aromatic carbocycles. The van der Waals surface area contributed by atoms with Gasteiger partial charge in [-0.05, 0) is 35.6 Å². The number of halogens is 1. The van der Waals surface area contributed by atoms with Crippen molar-refractivity contribution in [2.75, 3.05) is 32.4 Å². The van der Waals surface area contributed by atoms with Gasteiger partial charge in [0, 0.05) is 42.6 Å². The highest BCUT2D eigenvalue weighted by atomic mass is 35.5. The molecular weight excluding hydrogens is 338 g/mol. The molecule has 1 aliphatic rings. The standard InChI is InChI=1S/C19H22ClN3S/c1-24-18-8-6-16(7-9-18)14-21-23-12-10-22(11-13-23)15-17-4-2-3-5-19(17)20/h2-9,14H,10-13,15H2,1H3/b21-14-. The fourth-order valence-corrected chi connectivity index (χ4v) is 3.32. The van der Waals surface area contributed by atoms with Crippen LogP contribution in [0.2, 0.25) is 5.02 Å². The molecule has 3 nitrogen and oxygen atoms in total. The van der Waals surface area contributed by atoms with E-state index in [1.54, 1.807) is 11.8 Å². The molecule has 0 unspecified atom stereocenters. The number of hydrogen-bond donors (Lipinski definition) is 0. The third kappa shape index (κ3) is 4.76. The molecule has 1 aliphatic heterocycles. The van der Waals surface area contributed by atoms with Gasteiger partial charge in [0.15, 0.2) is 0 Å². The molecule has 0 radical (unpaired) electrons. The van der Waals surface area contributed by atoms with Crippen molar-refractivity contribution in [3.63, 3.8) is 0 Å². The fourth-order valence-electron chi connectivity index (χ4n) is 2.72. The van der Waals surface area contributed by atoms with E-state index in [-0.39, 0.29) is 0 Å². The van der Waals surface area contributed by atoms with Gasteiger partial charge in [0.05, 0.1) is 6.21 Å². The Bertz CT molecular complexity index is 679.